The predicted molar refractivity (Wildman–Crippen MR) is 125 cm³/mol. The Morgan fingerprint density at radius 1 is 1.24 bits per heavy atom. The number of nitrogens with one attached hydrogen (secondary N) is 2. The van der Waals surface area contributed by atoms with Gasteiger partial charge in [-0.25, -0.2) is 14.4 Å². The number of aromatic nitrogens is 5. The molecule has 2 bridgehead atoms. The molecule has 3 fully saturated rings. The zero-order valence-corrected chi connectivity index (χ0v) is 18.8. The Morgan fingerprint density at radius 2 is 1.97 bits per heavy atom. The van der Waals surface area contributed by atoms with E-state index in [1.807, 2.05) is 0 Å². The van der Waals surface area contributed by atoms with Gasteiger partial charge < -0.3 is 30.8 Å². The Kier molecular flexibility index (Phi) is 4.78. The number of hydrogen-bond acceptors (Lipinski definition) is 9. The number of H-pyrrole nitrogens is 1. The largest absolute Gasteiger partial charge is 0.421 e. The van der Waals surface area contributed by atoms with E-state index in [1.54, 1.807) is 14.0 Å². The average molecular weight is 465 g/mol. The molecule has 0 spiro atoms. The van der Waals surface area contributed by atoms with Crippen molar-refractivity contribution in [2.75, 3.05) is 30.4 Å². The molecule has 3 unspecified atom stereocenters. The van der Waals surface area contributed by atoms with Crippen molar-refractivity contribution < 1.29 is 14.2 Å². The van der Waals surface area contributed by atoms with Gasteiger partial charge in [-0.15, -0.1) is 0 Å². The first kappa shape index (κ1) is 21.0. The van der Waals surface area contributed by atoms with Crippen molar-refractivity contribution in [1.82, 2.24) is 24.9 Å². The first-order valence-electron chi connectivity index (χ1n) is 11.3. The molecule has 10 nitrogen and oxygen atoms in total. The normalized spacial score (nSPS) is 22.6. The van der Waals surface area contributed by atoms with Crippen molar-refractivity contribution in [3.63, 3.8) is 0 Å². The van der Waals surface area contributed by atoms with Crippen molar-refractivity contribution in [3.05, 3.63) is 36.2 Å². The highest BCUT2D eigenvalue weighted by Gasteiger charge is 2.45. The minimum absolute atomic E-state index is 0.123. The highest BCUT2D eigenvalue weighted by molar-refractivity contribution is 6.14. The Morgan fingerprint density at radius 3 is 2.62 bits per heavy atom. The van der Waals surface area contributed by atoms with Crippen LogP contribution < -0.4 is 20.7 Å². The molecule has 34 heavy (non-hydrogen) atoms. The highest BCUT2D eigenvalue weighted by atomic mass is 19.1. The molecule has 3 aromatic heterocycles. The van der Waals surface area contributed by atoms with Gasteiger partial charge in [0, 0.05) is 31.6 Å². The van der Waals surface area contributed by atoms with Crippen LogP contribution in [0.4, 0.5) is 15.9 Å². The van der Waals surface area contributed by atoms with Gasteiger partial charge in [-0.2, -0.15) is 9.97 Å². The lowest BCUT2D eigenvalue weighted by molar-refractivity contribution is 0.115. The molecule has 176 valence electrons. The average Bonchev–Trinajstić information content (AvgIpc) is 3.21. The number of piperidine rings is 2. The van der Waals surface area contributed by atoms with E-state index < -0.39 is 6.10 Å². The number of aromatic amines is 1. The molecule has 1 saturated carbocycles. The minimum Gasteiger partial charge on any atom is -0.421 e. The number of aliphatic hydroxyl groups excluding tert-OH is 1. The summed E-state index contributed by atoms with van der Waals surface area (Å²) < 4.78 is 20.4. The molecule has 2 saturated heterocycles. The number of fused-ring (bicyclic) bond motifs is 5. The molecule has 5 heterocycles. The van der Waals surface area contributed by atoms with Gasteiger partial charge in [0.15, 0.2) is 11.6 Å². The van der Waals surface area contributed by atoms with E-state index in [1.165, 1.54) is 24.5 Å². The highest BCUT2D eigenvalue weighted by Crippen LogP contribution is 2.43. The molecule has 4 aromatic rings. The van der Waals surface area contributed by atoms with E-state index in [4.69, 9.17) is 15.5 Å². The second-order valence-electron chi connectivity index (χ2n) is 9.10. The molecular formula is C23H25FN8O2. The van der Waals surface area contributed by atoms with E-state index in [-0.39, 0.29) is 17.9 Å². The number of benzene rings is 1. The Balaban J connectivity index is 1.48. The zero-order chi connectivity index (χ0) is 23.6. The van der Waals surface area contributed by atoms with Gasteiger partial charge in [-0.3, -0.25) is 0 Å². The van der Waals surface area contributed by atoms with Crippen LogP contribution in [0.25, 0.3) is 21.9 Å². The summed E-state index contributed by atoms with van der Waals surface area (Å²) in [6, 6.07) is 3.28. The number of nitrogens with zero attached hydrogens (tertiary/aromatic N) is 5. The number of anilines is 2. The number of ether oxygens (including phenoxy) is 1. The van der Waals surface area contributed by atoms with Gasteiger partial charge in [-0.1, -0.05) is 0 Å². The summed E-state index contributed by atoms with van der Waals surface area (Å²) in [5.74, 6) is 1.79. The fourth-order valence-corrected chi connectivity index (χ4v) is 5.09. The first-order chi connectivity index (χ1) is 16.4. The maximum absolute atomic E-state index is 14.5. The van der Waals surface area contributed by atoms with E-state index in [9.17, 15) is 9.50 Å². The fraction of sp³-hybridized carbons (Fsp3) is 0.391. The van der Waals surface area contributed by atoms with Gasteiger partial charge >= 0.3 is 6.01 Å². The fourth-order valence-electron chi connectivity index (χ4n) is 5.09. The first-order valence-corrected chi connectivity index (χ1v) is 11.3. The van der Waals surface area contributed by atoms with Gasteiger partial charge in [0.1, 0.15) is 23.4 Å². The van der Waals surface area contributed by atoms with E-state index in [2.05, 4.69) is 30.2 Å². The maximum atomic E-state index is 14.5. The molecule has 7 rings (SSSR count). The van der Waals surface area contributed by atoms with Crippen molar-refractivity contribution in [3.8, 4) is 11.8 Å². The van der Waals surface area contributed by atoms with Crippen LogP contribution >= 0.6 is 0 Å². The van der Waals surface area contributed by atoms with E-state index >= 15 is 0 Å². The quantitative estimate of drug-likeness (QED) is 0.351. The Hall–Kier alpha value is -3.57. The van der Waals surface area contributed by atoms with Crippen molar-refractivity contribution in [2.45, 2.75) is 25.5 Å². The smallest absolute Gasteiger partial charge is 0.326 e. The van der Waals surface area contributed by atoms with Gasteiger partial charge in [0.2, 0.25) is 0 Å². The third kappa shape index (κ3) is 3.31. The number of aliphatic hydroxyl groups is 1. The third-order valence-electron chi connectivity index (χ3n) is 6.89. The SMILES string of the molecule is CNc1cc(F)cc2c1[nH]c1nc(Oc3cnc(C(C)O)nc3)nc(N3CC4CC(C3)C4N)c12. The number of hydrogen-bond donors (Lipinski definition) is 4. The monoisotopic (exact) mass is 464 g/mol. The Labute approximate surface area is 194 Å². The number of halogens is 1. The lowest BCUT2D eigenvalue weighted by atomic mass is 9.67. The molecule has 3 aliphatic rings. The van der Waals surface area contributed by atoms with E-state index in [0.717, 1.165) is 30.4 Å². The summed E-state index contributed by atoms with van der Waals surface area (Å²) in [6.45, 7) is 3.14. The van der Waals surface area contributed by atoms with Gasteiger partial charge in [0.05, 0.1) is 29.0 Å². The zero-order valence-electron chi connectivity index (χ0n) is 18.8. The van der Waals surface area contributed by atoms with Crippen molar-refractivity contribution in [2.24, 2.45) is 17.6 Å². The van der Waals surface area contributed by atoms with Gasteiger partial charge in [-0.05, 0) is 37.3 Å². The second-order valence-corrected chi connectivity index (χ2v) is 9.10. The van der Waals surface area contributed by atoms with Crippen LogP contribution in [0.5, 0.6) is 11.8 Å². The van der Waals surface area contributed by atoms with Crippen molar-refractivity contribution in [1.29, 1.82) is 0 Å². The molecule has 1 aromatic carbocycles. The number of rotatable bonds is 5. The molecule has 0 radical (unpaired) electrons. The minimum atomic E-state index is -0.779. The lowest BCUT2D eigenvalue weighted by Gasteiger charge is -2.52. The summed E-state index contributed by atoms with van der Waals surface area (Å²) in [5, 5.41) is 14.1. The topological polar surface area (TPSA) is 138 Å². The molecule has 3 atom stereocenters. The summed E-state index contributed by atoms with van der Waals surface area (Å²) >= 11 is 0. The second kappa shape index (κ2) is 7.74. The van der Waals surface area contributed by atoms with Gasteiger partial charge in [0.25, 0.3) is 0 Å². The summed E-state index contributed by atoms with van der Waals surface area (Å²) in [6.07, 6.45) is 3.28. The molecule has 2 aliphatic heterocycles. The van der Waals surface area contributed by atoms with E-state index in [0.29, 0.717) is 45.9 Å². The third-order valence-corrected chi connectivity index (χ3v) is 6.89. The van der Waals surface area contributed by atoms with Crippen LogP contribution in [0.15, 0.2) is 24.5 Å². The summed E-state index contributed by atoms with van der Waals surface area (Å²) in [7, 11) is 1.75. The van der Waals surface area contributed by atoms with Crippen LogP contribution in [-0.4, -0.2) is 56.2 Å². The van der Waals surface area contributed by atoms with Crippen LogP contribution in [0.3, 0.4) is 0 Å². The Bertz CT molecular complexity index is 1380. The van der Waals surface area contributed by atoms with Crippen LogP contribution in [0.1, 0.15) is 25.3 Å². The summed E-state index contributed by atoms with van der Waals surface area (Å²) in [4.78, 5) is 23.1. The lowest BCUT2D eigenvalue weighted by Crippen LogP contribution is -2.62. The maximum Gasteiger partial charge on any atom is 0.326 e. The summed E-state index contributed by atoms with van der Waals surface area (Å²) in [5.41, 5.74) is 8.22. The molecule has 11 heteroatoms. The molecule has 1 aliphatic carbocycles. The molecule has 5 N–H and O–H groups in total. The number of nitrogens with two attached hydrogens (primary N) is 1. The van der Waals surface area contributed by atoms with Crippen molar-refractivity contribution >= 4 is 33.4 Å². The van der Waals surface area contributed by atoms with Crippen LogP contribution in [-0.2, 0) is 0 Å². The molecule has 0 amide bonds. The van der Waals surface area contributed by atoms with Crippen LogP contribution in [0.2, 0.25) is 0 Å². The van der Waals surface area contributed by atoms with Crippen LogP contribution in [0, 0.1) is 17.7 Å². The molecular weight excluding hydrogens is 439 g/mol. The standard InChI is InChI=1S/C23H25FN8O2/c1-10(33)20-27-6-14(7-28-20)34-23-30-21-17(15-4-13(24)5-16(26-2)19(15)29-21)22(31-23)32-8-11-3-12(9-32)18(11)25/h4-7,10-12,18,26,33H,3,8-9,25H2,1-2H3,(H,29,30,31). The predicted octanol–water partition coefficient (Wildman–Crippen LogP) is 2.71.